The van der Waals surface area contributed by atoms with Crippen LogP contribution < -0.4 is 5.32 Å². The molecular weight excluding hydrogens is 735 g/mol. The van der Waals surface area contributed by atoms with E-state index in [1.54, 1.807) is 6.08 Å². The summed E-state index contributed by atoms with van der Waals surface area (Å²) in [6, 6.07) is -0.636. The minimum absolute atomic E-state index is 0.0669. The van der Waals surface area contributed by atoms with Crippen LogP contribution in [0.1, 0.15) is 309 Å². The molecule has 0 saturated carbocycles. The van der Waals surface area contributed by atoms with E-state index in [-0.39, 0.29) is 12.5 Å². The van der Waals surface area contributed by atoms with Gasteiger partial charge in [0.15, 0.2) is 0 Å². The molecule has 0 aromatic rings. The third kappa shape index (κ3) is 47.9. The number of carbonyl (C=O) groups excluding carboxylic acids is 1. The lowest BCUT2D eigenvalue weighted by molar-refractivity contribution is -0.123. The molecule has 356 valence electrons. The highest BCUT2D eigenvalue weighted by atomic mass is 16.3. The zero-order valence-corrected chi connectivity index (χ0v) is 41.0. The van der Waals surface area contributed by atoms with Crippen LogP contribution >= 0.6 is 0 Å². The summed E-state index contributed by atoms with van der Waals surface area (Å²) in [6.45, 7) is 4.33. The topological polar surface area (TPSA) is 69.6 Å². The molecule has 4 nitrogen and oxygen atoms in total. The summed E-state index contributed by atoms with van der Waals surface area (Å²) in [7, 11) is 0. The summed E-state index contributed by atoms with van der Waals surface area (Å²) >= 11 is 0. The summed E-state index contributed by atoms with van der Waals surface area (Å²) in [5.74, 6) is -0.0669. The number of aliphatic hydroxyl groups excluding tert-OH is 2. The van der Waals surface area contributed by atoms with Crippen LogP contribution in [0.15, 0.2) is 24.3 Å². The summed E-state index contributed by atoms with van der Waals surface area (Å²) < 4.78 is 0. The lowest BCUT2D eigenvalue weighted by atomic mass is 10.0. The normalized spacial score (nSPS) is 12.9. The number of hydrogen-bond acceptors (Lipinski definition) is 3. The Labute approximate surface area is 377 Å². The fourth-order valence-corrected chi connectivity index (χ4v) is 8.73. The Morgan fingerprint density at radius 2 is 0.650 bits per heavy atom. The van der Waals surface area contributed by atoms with Gasteiger partial charge in [0.2, 0.25) is 5.91 Å². The zero-order chi connectivity index (χ0) is 43.5. The average molecular weight is 844 g/mol. The predicted molar refractivity (Wildman–Crippen MR) is 267 cm³/mol. The Morgan fingerprint density at radius 3 is 0.967 bits per heavy atom. The van der Waals surface area contributed by atoms with E-state index in [4.69, 9.17) is 0 Å². The second kappa shape index (κ2) is 52.2. The van der Waals surface area contributed by atoms with Gasteiger partial charge in [-0.3, -0.25) is 4.79 Å². The van der Waals surface area contributed by atoms with Crippen LogP contribution in [0.25, 0.3) is 0 Å². The van der Waals surface area contributed by atoms with Crippen LogP contribution in [-0.2, 0) is 4.79 Å². The van der Waals surface area contributed by atoms with Crippen molar-refractivity contribution < 1.29 is 15.0 Å². The Morgan fingerprint density at radius 1 is 0.383 bits per heavy atom. The lowest BCUT2D eigenvalue weighted by Gasteiger charge is -2.19. The van der Waals surface area contributed by atoms with E-state index >= 15 is 0 Å². The largest absolute Gasteiger partial charge is 0.394 e. The first-order valence-corrected chi connectivity index (χ1v) is 27.6. The predicted octanol–water partition coefficient (Wildman–Crippen LogP) is 17.9. The fourth-order valence-electron chi connectivity index (χ4n) is 8.73. The van der Waals surface area contributed by atoms with Crippen molar-refractivity contribution in [1.82, 2.24) is 5.32 Å². The quantitative estimate of drug-likeness (QED) is 0.0422. The standard InChI is InChI=1S/C56H109NO3/c1-3-5-7-9-11-13-15-17-19-21-23-25-26-27-28-29-30-31-32-34-36-38-40-42-44-46-48-50-52-56(60)57-54(53-58)55(59)51-49-47-45-43-41-39-37-35-33-24-22-20-18-16-14-12-10-8-6-4-2/h41,43,49,51,54-55,58-59H,3-40,42,44-48,50,52-53H2,1-2H3,(H,57,60)/b43-41+,51-49+. The van der Waals surface area contributed by atoms with Crippen LogP contribution in [0.5, 0.6) is 0 Å². The maximum Gasteiger partial charge on any atom is 0.220 e. The second-order valence-corrected chi connectivity index (χ2v) is 19.0. The SMILES string of the molecule is CCCCCCCCCCCCCCCC/C=C/CC/C=C/C(O)C(CO)NC(=O)CCCCCCCCCCCCCCCCCCCCCCCCCCCCCC. The van der Waals surface area contributed by atoms with Crippen molar-refractivity contribution in [3.63, 3.8) is 0 Å². The van der Waals surface area contributed by atoms with Crippen LogP contribution in [-0.4, -0.2) is 34.9 Å². The van der Waals surface area contributed by atoms with E-state index in [1.807, 2.05) is 6.08 Å². The van der Waals surface area contributed by atoms with Crippen LogP contribution in [0.3, 0.4) is 0 Å². The third-order valence-electron chi connectivity index (χ3n) is 12.9. The van der Waals surface area contributed by atoms with Gasteiger partial charge in [-0.25, -0.2) is 0 Å². The van der Waals surface area contributed by atoms with Gasteiger partial charge in [0, 0.05) is 6.42 Å². The van der Waals surface area contributed by atoms with Crippen molar-refractivity contribution in [3.8, 4) is 0 Å². The highest BCUT2D eigenvalue weighted by Crippen LogP contribution is 2.17. The molecule has 0 bridgehead atoms. The maximum absolute atomic E-state index is 12.5. The molecule has 0 radical (unpaired) electrons. The van der Waals surface area contributed by atoms with E-state index < -0.39 is 12.1 Å². The van der Waals surface area contributed by atoms with Gasteiger partial charge in [-0.05, 0) is 32.1 Å². The molecule has 0 aliphatic carbocycles. The number of unbranched alkanes of at least 4 members (excludes halogenated alkanes) is 42. The van der Waals surface area contributed by atoms with Crippen molar-refractivity contribution >= 4 is 5.91 Å². The number of amides is 1. The van der Waals surface area contributed by atoms with Crippen molar-refractivity contribution in [2.45, 2.75) is 321 Å². The van der Waals surface area contributed by atoms with Gasteiger partial charge in [0.25, 0.3) is 0 Å². The minimum Gasteiger partial charge on any atom is -0.394 e. The molecule has 0 aromatic heterocycles. The molecule has 0 aliphatic rings. The number of aliphatic hydroxyl groups is 2. The first-order valence-electron chi connectivity index (χ1n) is 27.6. The van der Waals surface area contributed by atoms with E-state index in [1.165, 1.54) is 257 Å². The van der Waals surface area contributed by atoms with Gasteiger partial charge in [0.1, 0.15) is 0 Å². The summed E-state index contributed by atoms with van der Waals surface area (Å²) in [5.41, 5.74) is 0. The molecule has 0 aromatic carbocycles. The summed E-state index contributed by atoms with van der Waals surface area (Å²) in [6.07, 6.45) is 69.1. The molecule has 2 atom stereocenters. The number of nitrogens with one attached hydrogen (secondary N) is 1. The molecule has 60 heavy (non-hydrogen) atoms. The molecule has 4 heteroatoms. The number of rotatable bonds is 51. The van der Waals surface area contributed by atoms with Crippen molar-refractivity contribution in [1.29, 1.82) is 0 Å². The smallest absolute Gasteiger partial charge is 0.220 e. The first kappa shape index (κ1) is 58.9. The van der Waals surface area contributed by atoms with Gasteiger partial charge in [-0.1, -0.05) is 295 Å². The molecule has 0 heterocycles. The van der Waals surface area contributed by atoms with Gasteiger partial charge in [-0.2, -0.15) is 0 Å². The summed E-state index contributed by atoms with van der Waals surface area (Å²) in [5, 5.41) is 23.1. The van der Waals surface area contributed by atoms with E-state index in [2.05, 4.69) is 31.3 Å². The highest BCUT2D eigenvalue weighted by molar-refractivity contribution is 5.76. The molecule has 0 spiro atoms. The molecular formula is C56H109NO3. The van der Waals surface area contributed by atoms with Crippen LogP contribution in [0.2, 0.25) is 0 Å². The molecule has 0 aliphatic heterocycles. The lowest BCUT2D eigenvalue weighted by Crippen LogP contribution is -2.45. The molecule has 0 rings (SSSR count). The Balaban J connectivity index is 3.48. The van der Waals surface area contributed by atoms with Gasteiger partial charge in [-0.15, -0.1) is 0 Å². The van der Waals surface area contributed by atoms with Gasteiger partial charge >= 0.3 is 0 Å². The Kier molecular flexibility index (Phi) is 51.2. The summed E-state index contributed by atoms with van der Waals surface area (Å²) in [4.78, 5) is 12.5. The Hall–Kier alpha value is -1.13. The van der Waals surface area contributed by atoms with Gasteiger partial charge < -0.3 is 15.5 Å². The molecule has 3 N–H and O–H groups in total. The third-order valence-corrected chi connectivity index (χ3v) is 12.9. The fraction of sp³-hybridized carbons (Fsp3) is 0.911. The van der Waals surface area contributed by atoms with Crippen LogP contribution in [0, 0.1) is 0 Å². The maximum atomic E-state index is 12.5. The average Bonchev–Trinajstić information content (AvgIpc) is 3.25. The second-order valence-electron chi connectivity index (χ2n) is 19.0. The van der Waals surface area contributed by atoms with Gasteiger partial charge in [0.05, 0.1) is 18.8 Å². The van der Waals surface area contributed by atoms with Crippen molar-refractivity contribution in [2.75, 3.05) is 6.61 Å². The number of carbonyl (C=O) groups is 1. The van der Waals surface area contributed by atoms with Crippen molar-refractivity contribution in [2.24, 2.45) is 0 Å². The Bertz CT molecular complexity index is 871. The highest BCUT2D eigenvalue weighted by Gasteiger charge is 2.18. The molecule has 0 saturated heterocycles. The minimum atomic E-state index is -0.859. The monoisotopic (exact) mass is 844 g/mol. The molecule has 1 amide bonds. The van der Waals surface area contributed by atoms with E-state index in [9.17, 15) is 15.0 Å². The first-order chi connectivity index (χ1) is 29.7. The zero-order valence-electron chi connectivity index (χ0n) is 41.0. The molecule has 2 unspecified atom stereocenters. The van der Waals surface area contributed by atoms with Crippen LogP contribution in [0.4, 0.5) is 0 Å². The molecule has 0 fully saturated rings. The number of allylic oxidation sites excluding steroid dienone is 3. The number of hydrogen-bond donors (Lipinski definition) is 3. The van der Waals surface area contributed by atoms with E-state index in [0.29, 0.717) is 6.42 Å². The van der Waals surface area contributed by atoms with Crippen molar-refractivity contribution in [3.05, 3.63) is 24.3 Å². The van der Waals surface area contributed by atoms with E-state index in [0.717, 1.165) is 32.1 Å².